The average Bonchev–Trinajstić information content (AvgIpc) is 2.61. The summed E-state index contributed by atoms with van der Waals surface area (Å²) in [6, 6.07) is 7.56. The molecule has 0 bridgehead atoms. The van der Waals surface area contributed by atoms with Gasteiger partial charge in [0.25, 0.3) is 0 Å². The van der Waals surface area contributed by atoms with E-state index in [1.807, 2.05) is 0 Å². The lowest BCUT2D eigenvalue weighted by Crippen LogP contribution is -2.09. The Morgan fingerprint density at radius 3 is 2.31 bits per heavy atom. The molecule has 0 spiro atoms. The van der Waals surface area contributed by atoms with Crippen LogP contribution in [0.5, 0.6) is 0 Å². The van der Waals surface area contributed by atoms with Crippen LogP contribution < -0.4 is 5.63 Å². The van der Waals surface area contributed by atoms with E-state index in [1.165, 1.54) is 12.1 Å². The summed E-state index contributed by atoms with van der Waals surface area (Å²) in [5, 5.41) is 1.60. The van der Waals surface area contributed by atoms with Gasteiger partial charge in [-0.05, 0) is 5.56 Å². The van der Waals surface area contributed by atoms with Crippen LogP contribution in [0.4, 0.5) is 13.2 Å². The van der Waals surface area contributed by atoms with Gasteiger partial charge >= 0.3 is 11.8 Å². The molecule has 1 aromatic heterocycles. The molecule has 16 heavy (non-hydrogen) atoms. The lowest BCUT2D eigenvalue weighted by molar-refractivity contribution is -0.142. The van der Waals surface area contributed by atoms with Crippen LogP contribution in [0, 0.1) is 0 Å². The largest absolute Gasteiger partial charge is 0.434 e. The van der Waals surface area contributed by atoms with Gasteiger partial charge < -0.3 is 4.52 Å². The summed E-state index contributed by atoms with van der Waals surface area (Å²) < 4.78 is 41.7. The zero-order valence-electron chi connectivity index (χ0n) is 7.84. The summed E-state index contributed by atoms with van der Waals surface area (Å²) in [6.45, 7) is 0. The number of aromatic nitrogens is 1. The minimum absolute atomic E-state index is 0.171. The predicted molar refractivity (Wildman–Crippen MR) is 49.8 cm³/mol. The third kappa shape index (κ3) is 1.73. The van der Waals surface area contributed by atoms with Crippen molar-refractivity contribution in [2.75, 3.05) is 0 Å². The van der Waals surface area contributed by atoms with E-state index in [0.29, 0.717) is 0 Å². The Kier molecular flexibility index (Phi) is 2.34. The fourth-order valence-electron chi connectivity index (χ4n) is 1.37. The monoisotopic (exact) mass is 229 g/mol. The lowest BCUT2D eigenvalue weighted by Gasteiger charge is -2.04. The normalized spacial score (nSPS) is 11.7. The second-order valence-corrected chi connectivity index (χ2v) is 3.11. The zero-order valence-corrected chi connectivity index (χ0v) is 7.84. The van der Waals surface area contributed by atoms with Crippen LogP contribution in [0.25, 0.3) is 11.1 Å². The van der Waals surface area contributed by atoms with E-state index in [-0.39, 0.29) is 5.56 Å². The summed E-state index contributed by atoms with van der Waals surface area (Å²) in [7, 11) is 0. The molecular formula is C10H6F3NO2. The van der Waals surface area contributed by atoms with Crippen LogP contribution in [0.2, 0.25) is 0 Å². The van der Waals surface area contributed by atoms with Gasteiger partial charge in [0.05, 0.1) is 0 Å². The highest BCUT2D eigenvalue weighted by atomic mass is 19.4. The van der Waals surface area contributed by atoms with E-state index in [9.17, 15) is 18.0 Å². The van der Waals surface area contributed by atoms with Gasteiger partial charge in [-0.25, -0.2) is 9.95 Å². The maximum atomic E-state index is 12.5. The highest BCUT2D eigenvalue weighted by Crippen LogP contribution is 2.33. The molecular weight excluding hydrogens is 223 g/mol. The quantitative estimate of drug-likeness (QED) is 0.817. The van der Waals surface area contributed by atoms with Crippen molar-refractivity contribution < 1.29 is 17.7 Å². The van der Waals surface area contributed by atoms with Crippen molar-refractivity contribution in [3.63, 3.8) is 0 Å². The van der Waals surface area contributed by atoms with Gasteiger partial charge in [-0.1, -0.05) is 30.3 Å². The molecule has 84 valence electrons. The van der Waals surface area contributed by atoms with Crippen LogP contribution in [0.3, 0.4) is 0 Å². The Morgan fingerprint density at radius 1 is 1.12 bits per heavy atom. The molecule has 0 saturated heterocycles. The van der Waals surface area contributed by atoms with E-state index in [4.69, 9.17) is 0 Å². The third-order valence-electron chi connectivity index (χ3n) is 2.05. The summed E-state index contributed by atoms with van der Waals surface area (Å²) >= 11 is 0. The highest BCUT2D eigenvalue weighted by Gasteiger charge is 2.38. The van der Waals surface area contributed by atoms with Crippen molar-refractivity contribution >= 4 is 0 Å². The molecule has 6 heteroatoms. The molecule has 0 unspecified atom stereocenters. The molecule has 0 aliphatic heterocycles. The Morgan fingerprint density at radius 2 is 1.75 bits per heavy atom. The first-order chi connectivity index (χ1) is 7.50. The fraction of sp³-hybridized carbons (Fsp3) is 0.100. The predicted octanol–water partition coefficient (Wildman–Crippen LogP) is 2.65. The first kappa shape index (κ1) is 10.5. The molecule has 0 fully saturated rings. The molecule has 2 aromatic rings. The minimum atomic E-state index is -4.64. The van der Waals surface area contributed by atoms with Gasteiger partial charge in [0.2, 0.25) is 0 Å². The molecule has 0 saturated carbocycles. The number of alkyl halides is 3. The van der Waals surface area contributed by atoms with Gasteiger partial charge in [0, 0.05) is 0 Å². The molecule has 0 atom stereocenters. The number of H-pyrrole nitrogens is 1. The molecule has 1 N–H and O–H groups in total. The molecule has 1 aromatic carbocycles. The van der Waals surface area contributed by atoms with E-state index in [0.717, 1.165) is 0 Å². The van der Waals surface area contributed by atoms with Crippen LogP contribution in [-0.4, -0.2) is 5.16 Å². The van der Waals surface area contributed by atoms with Crippen LogP contribution in [0.15, 0.2) is 39.6 Å². The van der Waals surface area contributed by atoms with Crippen molar-refractivity contribution in [1.29, 1.82) is 0 Å². The Bertz CT molecular complexity index is 539. The smallest absolute Gasteiger partial charge is 0.338 e. The molecule has 0 aliphatic rings. The number of aromatic amines is 1. The van der Waals surface area contributed by atoms with Crippen molar-refractivity contribution in [3.05, 3.63) is 46.4 Å². The molecule has 2 rings (SSSR count). The summed E-state index contributed by atoms with van der Waals surface area (Å²) in [5.74, 6) is 0. The average molecular weight is 229 g/mol. The highest BCUT2D eigenvalue weighted by molar-refractivity contribution is 5.64. The van der Waals surface area contributed by atoms with Crippen molar-refractivity contribution in [2.45, 2.75) is 6.18 Å². The summed E-state index contributed by atoms with van der Waals surface area (Å²) in [5.41, 5.74) is -2.51. The number of halogens is 3. The fourth-order valence-corrected chi connectivity index (χ4v) is 1.37. The summed E-state index contributed by atoms with van der Waals surface area (Å²) in [6.07, 6.45) is -4.64. The SMILES string of the molecule is O=c1o[nH]c(C(F)(F)F)c1-c1ccccc1. The van der Waals surface area contributed by atoms with Gasteiger partial charge in [-0.15, -0.1) is 0 Å². The molecule has 0 aliphatic carbocycles. The molecule has 3 nitrogen and oxygen atoms in total. The van der Waals surface area contributed by atoms with Crippen molar-refractivity contribution in [3.8, 4) is 11.1 Å². The van der Waals surface area contributed by atoms with Gasteiger partial charge in [-0.3, -0.25) is 0 Å². The number of benzene rings is 1. The number of hydrogen-bond acceptors (Lipinski definition) is 2. The summed E-state index contributed by atoms with van der Waals surface area (Å²) in [4.78, 5) is 11.2. The van der Waals surface area contributed by atoms with Crippen LogP contribution >= 0.6 is 0 Å². The van der Waals surface area contributed by atoms with Gasteiger partial charge in [-0.2, -0.15) is 13.2 Å². The number of hydrogen-bond donors (Lipinski definition) is 1. The van der Waals surface area contributed by atoms with Gasteiger partial charge in [0.15, 0.2) is 5.69 Å². The van der Waals surface area contributed by atoms with E-state index >= 15 is 0 Å². The van der Waals surface area contributed by atoms with Gasteiger partial charge in [0.1, 0.15) is 5.56 Å². The topological polar surface area (TPSA) is 46.0 Å². The van der Waals surface area contributed by atoms with Crippen molar-refractivity contribution in [1.82, 2.24) is 5.16 Å². The molecule has 0 radical (unpaired) electrons. The van der Waals surface area contributed by atoms with E-state index in [2.05, 4.69) is 4.52 Å². The first-order valence-corrected chi connectivity index (χ1v) is 4.34. The Hall–Kier alpha value is -1.98. The first-order valence-electron chi connectivity index (χ1n) is 4.34. The van der Waals surface area contributed by atoms with Crippen molar-refractivity contribution in [2.24, 2.45) is 0 Å². The second-order valence-electron chi connectivity index (χ2n) is 3.11. The second kappa shape index (κ2) is 3.55. The lowest BCUT2D eigenvalue weighted by atomic mass is 10.1. The maximum Gasteiger partial charge on any atom is 0.434 e. The standard InChI is InChI=1S/C10H6F3NO2/c11-10(12,13)8-7(9(15)16-14-8)6-4-2-1-3-5-6/h1-5,14H. The zero-order chi connectivity index (χ0) is 11.8. The van der Waals surface area contributed by atoms with Crippen LogP contribution in [-0.2, 0) is 6.18 Å². The van der Waals surface area contributed by atoms with E-state index in [1.54, 1.807) is 23.4 Å². The van der Waals surface area contributed by atoms with Crippen LogP contribution in [0.1, 0.15) is 5.69 Å². The maximum absolute atomic E-state index is 12.5. The minimum Gasteiger partial charge on any atom is -0.338 e. The third-order valence-corrected chi connectivity index (χ3v) is 2.05. The number of nitrogens with one attached hydrogen (secondary N) is 1. The van der Waals surface area contributed by atoms with E-state index < -0.39 is 23.1 Å². The number of rotatable bonds is 1. The Balaban J connectivity index is 2.66. The molecule has 0 amide bonds. The molecule has 1 heterocycles. The Labute approximate surface area is 87.5 Å².